The second-order valence-corrected chi connectivity index (χ2v) is 7.53. The maximum Gasteiger partial charge on any atom is 0.224 e. The van der Waals surface area contributed by atoms with Crippen molar-refractivity contribution in [1.82, 2.24) is 9.97 Å². The van der Waals surface area contributed by atoms with Gasteiger partial charge in [0.15, 0.2) is 0 Å². The van der Waals surface area contributed by atoms with Gasteiger partial charge >= 0.3 is 0 Å². The monoisotopic (exact) mass is 326 g/mol. The molecular weight excluding hydrogens is 307 g/mol. The number of halogens is 1. The summed E-state index contributed by atoms with van der Waals surface area (Å²) < 4.78 is 41.9. The number of hydrogen-bond acceptors (Lipinski definition) is 5. The van der Waals surface area contributed by atoms with Crippen molar-refractivity contribution in [1.29, 1.82) is 0 Å². The number of aromatic nitrogens is 2. The van der Waals surface area contributed by atoms with Crippen molar-refractivity contribution in [3.05, 3.63) is 29.3 Å². The molecule has 2 rings (SSSR count). The average Bonchev–Trinajstić information content (AvgIpc) is 2.42. The first-order valence-electron chi connectivity index (χ1n) is 7.07. The van der Waals surface area contributed by atoms with Crippen molar-refractivity contribution >= 4 is 20.7 Å². The number of nitrogens with zero attached hydrogens (tertiary/aromatic N) is 2. The van der Waals surface area contributed by atoms with Crippen molar-refractivity contribution in [2.45, 2.75) is 26.7 Å². The molecular formula is C15H19FN2O3S. The van der Waals surface area contributed by atoms with Crippen LogP contribution in [0.3, 0.4) is 0 Å². The van der Waals surface area contributed by atoms with Gasteiger partial charge in [-0.3, -0.25) is 0 Å². The molecule has 0 saturated heterocycles. The number of sulfone groups is 1. The van der Waals surface area contributed by atoms with E-state index >= 15 is 0 Å². The van der Waals surface area contributed by atoms with Crippen LogP contribution in [0.25, 0.3) is 10.9 Å². The molecule has 0 amide bonds. The number of benzene rings is 1. The van der Waals surface area contributed by atoms with E-state index in [1.165, 1.54) is 12.3 Å². The van der Waals surface area contributed by atoms with Crippen molar-refractivity contribution in [3.8, 4) is 5.88 Å². The van der Waals surface area contributed by atoms with Crippen LogP contribution in [0.2, 0.25) is 0 Å². The molecule has 0 atom stereocenters. The van der Waals surface area contributed by atoms with Gasteiger partial charge in [0.05, 0.1) is 17.7 Å². The largest absolute Gasteiger partial charge is 0.477 e. The molecule has 0 aliphatic heterocycles. The zero-order chi connectivity index (χ0) is 16.3. The number of ether oxygens (including phenoxy) is 1. The van der Waals surface area contributed by atoms with Crippen molar-refractivity contribution in [2.24, 2.45) is 0 Å². The maximum absolute atomic E-state index is 14.1. The fourth-order valence-electron chi connectivity index (χ4n) is 2.10. The third kappa shape index (κ3) is 4.13. The predicted molar refractivity (Wildman–Crippen MR) is 83.4 cm³/mol. The minimum absolute atomic E-state index is 0.0457. The van der Waals surface area contributed by atoms with Gasteiger partial charge in [0.2, 0.25) is 5.88 Å². The van der Waals surface area contributed by atoms with Gasteiger partial charge in [0.1, 0.15) is 27.0 Å². The lowest BCUT2D eigenvalue weighted by Crippen LogP contribution is -2.09. The Morgan fingerprint density at radius 1 is 1.27 bits per heavy atom. The molecule has 0 bridgehead atoms. The quantitative estimate of drug-likeness (QED) is 0.763. The predicted octanol–water partition coefficient (Wildman–Crippen LogP) is 2.45. The number of aryl methyl sites for hydroxylation is 2. The highest BCUT2D eigenvalue weighted by atomic mass is 32.2. The van der Waals surface area contributed by atoms with Crippen LogP contribution in [-0.2, 0) is 16.3 Å². The van der Waals surface area contributed by atoms with Gasteiger partial charge in [-0.1, -0.05) is 6.92 Å². The SMILES string of the molecule is CCc1nc(OCCCS(C)(=O)=O)c2cc(C)cc(F)c2n1. The molecule has 5 nitrogen and oxygen atoms in total. The van der Waals surface area contributed by atoms with Gasteiger partial charge in [0, 0.05) is 12.7 Å². The van der Waals surface area contributed by atoms with E-state index in [2.05, 4.69) is 9.97 Å². The third-order valence-corrected chi connectivity index (χ3v) is 4.15. The summed E-state index contributed by atoms with van der Waals surface area (Å²) >= 11 is 0. The molecule has 0 fully saturated rings. The second kappa shape index (κ2) is 6.56. The van der Waals surface area contributed by atoms with Crippen LogP contribution in [0.15, 0.2) is 12.1 Å². The number of fused-ring (bicyclic) bond motifs is 1. The molecule has 0 spiro atoms. The van der Waals surface area contributed by atoms with Crippen LogP contribution in [0.1, 0.15) is 24.7 Å². The van der Waals surface area contributed by atoms with Gasteiger partial charge in [-0.2, -0.15) is 4.98 Å². The minimum Gasteiger partial charge on any atom is -0.477 e. The van der Waals surface area contributed by atoms with Crippen LogP contribution in [0, 0.1) is 12.7 Å². The molecule has 0 saturated carbocycles. The number of hydrogen-bond donors (Lipinski definition) is 0. The van der Waals surface area contributed by atoms with Crippen LogP contribution in [-0.4, -0.2) is 37.0 Å². The Morgan fingerprint density at radius 2 is 2.00 bits per heavy atom. The molecule has 0 unspecified atom stereocenters. The Hall–Kier alpha value is -1.76. The van der Waals surface area contributed by atoms with E-state index in [0.717, 1.165) is 5.56 Å². The molecule has 120 valence electrons. The lowest BCUT2D eigenvalue weighted by Gasteiger charge is -2.10. The summed E-state index contributed by atoms with van der Waals surface area (Å²) in [5.41, 5.74) is 0.981. The highest BCUT2D eigenvalue weighted by Gasteiger charge is 2.13. The van der Waals surface area contributed by atoms with Gasteiger partial charge in [0.25, 0.3) is 0 Å². The fourth-order valence-corrected chi connectivity index (χ4v) is 2.74. The Labute approximate surface area is 129 Å². The van der Waals surface area contributed by atoms with E-state index < -0.39 is 15.7 Å². The Bertz CT molecular complexity index is 791. The Balaban J connectivity index is 2.31. The molecule has 1 aromatic carbocycles. The summed E-state index contributed by atoms with van der Waals surface area (Å²) in [4.78, 5) is 8.49. The van der Waals surface area contributed by atoms with Crippen LogP contribution < -0.4 is 4.74 Å². The first kappa shape index (κ1) is 16.6. The summed E-state index contributed by atoms with van der Waals surface area (Å²) in [5.74, 6) is 0.434. The van der Waals surface area contributed by atoms with Crippen molar-refractivity contribution in [3.63, 3.8) is 0 Å². The van der Waals surface area contributed by atoms with E-state index in [0.29, 0.717) is 29.9 Å². The normalized spacial score (nSPS) is 11.8. The smallest absolute Gasteiger partial charge is 0.224 e. The molecule has 2 aromatic rings. The highest BCUT2D eigenvalue weighted by Crippen LogP contribution is 2.26. The fraction of sp³-hybridized carbons (Fsp3) is 0.467. The van der Waals surface area contributed by atoms with E-state index in [9.17, 15) is 12.8 Å². The lowest BCUT2D eigenvalue weighted by molar-refractivity contribution is 0.308. The van der Waals surface area contributed by atoms with E-state index in [1.807, 2.05) is 6.92 Å². The molecule has 22 heavy (non-hydrogen) atoms. The molecule has 0 aliphatic carbocycles. The van der Waals surface area contributed by atoms with Crippen LogP contribution >= 0.6 is 0 Å². The molecule has 1 aromatic heterocycles. The molecule has 1 heterocycles. The summed E-state index contributed by atoms with van der Waals surface area (Å²) in [5, 5.41) is 0.508. The Morgan fingerprint density at radius 3 is 2.64 bits per heavy atom. The van der Waals surface area contributed by atoms with Gasteiger partial charge < -0.3 is 4.74 Å². The summed E-state index contributed by atoms with van der Waals surface area (Å²) in [6, 6.07) is 3.19. The van der Waals surface area contributed by atoms with Crippen molar-refractivity contribution in [2.75, 3.05) is 18.6 Å². The summed E-state index contributed by atoms with van der Waals surface area (Å²) in [7, 11) is -3.02. The molecule has 0 radical (unpaired) electrons. The summed E-state index contributed by atoms with van der Waals surface area (Å²) in [6.07, 6.45) is 2.10. The topological polar surface area (TPSA) is 69.2 Å². The Kier molecular flexibility index (Phi) is 4.95. The van der Waals surface area contributed by atoms with Gasteiger partial charge in [-0.15, -0.1) is 0 Å². The zero-order valence-electron chi connectivity index (χ0n) is 12.9. The minimum atomic E-state index is -3.02. The van der Waals surface area contributed by atoms with Gasteiger partial charge in [-0.25, -0.2) is 17.8 Å². The van der Waals surface area contributed by atoms with Crippen molar-refractivity contribution < 1.29 is 17.5 Å². The van der Waals surface area contributed by atoms with Gasteiger partial charge in [-0.05, 0) is 31.0 Å². The average molecular weight is 326 g/mol. The highest BCUT2D eigenvalue weighted by molar-refractivity contribution is 7.90. The first-order valence-corrected chi connectivity index (χ1v) is 9.13. The lowest BCUT2D eigenvalue weighted by atomic mass is 10.1. The third-order valence-electron chi connectivity index (χ3n) is 3.12. The van der Waals surface area contributed by atoms with E-state index in [4.69, 9.17) is 4.74 Å². The van der Waals surface area contributed by atoms with Crippen LogP contribution in [0.4, 0.5) is 4.39 Å². The van der Waals surface area contributed by atoms with E-state index in [1.54, 1.807) is 13.0 Å². The van der Waals surface area contributed by atoms with E-state index in [-0.39, 0.29) is 17.9 Å². The zero-order valence-corrected chi connectivity index (χ0v) is 13.7. The molecule has 0 N–H and O–H groups in total. The molecule has 0 aliphatic rings. The standard InChI is InChI=1S/C15H19FN2O3S/c1-4-13-17-14-11(8-10(2)9-12(14)16)15(18-13)21-6-5-7-22(3,19)20/h8-9H,4-7H2,1-3H3. The first-order chi connectivity index (χ1) is 10.3. The number of rotatable bonds is 6. The van der Waals surface area contributed by atoms with Crippen LogP contribution in [0.5, 0.6) is 5.88 Å². The maximum atomic E-state index is 14.1. The second-order valence-electron chi connectivity index (χ2n) is 5.27. The summed E-state index contributed by atoms with van der Waals surface area (Å²) in [6.45, 7) is 3.86. The molecule has 7 heteroatoms.